The maximum Gasteiger partial charge on any atom is 0.254 e. The maximum absolute atomic E-state index is 11.9. The fourth-order valence-electron chi connectivity index (χ4n) is 2.35. The van der Waals surface area contributed by atoms with Gasteiger partial charge in [0.2, 0.25) is 0 Å². The minimum Gasteiger partial charge on any atom is -0.469 e. The highest BCUT2D eigenvalue weighted by molar-refractivity contribution is 5.94. The molecule has 1 fully saturated rings. The normalized spacial score (nSPS) is 19.3. The number of carbonyl (C=O) groups excluding carboxylic acids is 1. The first kappa shape index (κ1) is 14.1. The molecule has 1 saturated heterocycles. The van der Waals surface area contributed by atoms with Crippen LogP contribution >= 0.6 is 0 Å². The number of carbonyl (C=O) groups is 1. The van der Waals surface area contributed by atoms with Crippen molar-refractivity contribution in [2.45, 2.75) is 26.4 Å². The molecule has 19 heavy (non-hydrogen) atoms. The molecule has 0 aliphatic carbocycles. The van der Waals surface area contributed by atoms with Gasteiger partial charge in [0.25, 0.3) is 5.91 Å². The Morgan fingerprint density at radius 2 is 2.32 bits per heavy atom. The predicted octanol–water partition coefficient (Wildman–Crippen LogP) is 1.43. The average molecular weight is 266 g/mol. The topological polar surface area (TPSA) is 54.7 Å². The van der Waals surface area contributed by atoms with E-state index in [0.717, 1.165) is 26.2 Å². The molecule has 1 N–H and O–H groups in total. The van der Waals surface area contributed by atoms with E-state index in [0.29, 0.717) is 17.9 Å². The number of amides is 1. The highest BCUT2D eigenvalue weighted by Crippen LogP contribution is 2.15. The lowest BCUT2D eigenvalue weighted by Gasteiger charge is -2.38. The van der Waals surface area contributed by atoms with Crippen LogP contribution in [0.5, 0.6) is 0 Å². The van der Waals surface area contributed by atoms with Gasteiger partial charge in [-0.25, -0.2) is 0 Å². The van der Waals surface area contributed by atoms with E-state index in [2.05, 4.69) is 24.1 Å². The lowest BCUT2D eigenvalue weighted by molar-refractivity contribution is -0.0853. The molecular weight excluding hydrogens is 244 g/mol. The predicted molar refractivity (Wildman–Crippen MR) is 72.2 cm³/mol. The van der Waals surface area contributed by atoms with Crippen molar-refractivity contribution < 1.29 is 13.9 Å². The Morgan fingerprint density at radius 3 is 2.95 bits per heavy atom. The molecule has 5 heteroatoms. The molecule has 1 aliphatic heterocycles. The van der Waals surface area contributed by atoms with Gasteiger partial charge in [-0.05, 0) is 26.8 Å². The van der Waals surface area contributed by atoms with Gasteiger partial charge in [0.15, 0.2) is 0 Å². The van der Waals surface area contributed by atoms with E-state index in [1.165, 1.54) is 6.26 Å². The van der Waals surface area contributed by atoms with Crippen LogP contribution in [-0.2, 0) is 4.74 Å². The van der Waals surface area contributed by atoms with Crippen LogP contribution in [-0.4, -0.2) is 49.2 Å². The number of nitrogens with zero attached hydrogens (tertiary/aromatic N) is 1. The van der Waals surface area contributed by atoms with Crippen LogP contribution in [0.25, 0.3) is 0 Å². The second-order valence-corrected chi connectivity index (χ2v) is 5.53. The van der Waals surface area contributed by atoms with Crippen molar-refractivity contribution in [1.29, 1.82) is 0 Å². The number of hydrogen-bond acceptors (Lipinski definition) is 4. The van der Waals surface area contributed by atoms with Crippen LogP contribution in [0, 0.1) is 6.92 Å². The van der Waals surface area contributed by atoms with E-state index in [4.69, 9.17) is 9.15 Å². The standard InChI is InChI=1S/C14H22N2O3/c1-11-12(4-8-18-11)13(17)15-5-6-16-7-9-19-14(2,3)10-16/h4,8H,5-7,9-10H2,1-3H3,(H,15,17). The highest BCUT2D eigenvalue weighted by atomic mass is 16.5. The molecule has 2 rings (SSSR count). The lowest BCUT2D eigenvalue weighted by Crippen LogP contribution is -2.50. The lowest BCUT2D eigenvalue weighted by atomic mass is 10.1. The fourth-order valence-corrected chi connectivity index (χ4v) is 2.35. The Hall–Kier alpha value is -1.33. The molecule has 0 aromatic carbocycles. The summed E-state index contributed by atoms with van der Waals surface area (Å²) in [5, 5.41) is 2.92. The van der Waals surface area contributed by atoms with Crippen molar-refractivity contribution in [3.05, 3.63) is 23.7 Å². The summed E-state index contributed by atoms with van der Waals surface area (Å²) < 4.78 is 10.8. The van der Waals surface area contributed by atoms with Gasteiger partial charge in [-0.3, -0.25) is 9.69 Å². The first-order valence-electron chi connectivity index (χ1n) is 6.66. The van der Waals surface area contributed by atoms with E-state index in [1.807, 2.05) is 0 Å². The van der Waals surface area contributed by atoms with Crippen LogP contribution < -0.4 is 5.32 Å². The summed E-state index contributed by atoms with van der Waals surface area (Å²) in [7, 11) is 0. The van der Waals surface area contributed by atoms with E-state index in [-0.39, 0.29) is 11.5 Å². The molecule has 1 aromatic heterocycles. The number of rotatable bonds is 4. The summed E-state index contributed by atoms with van der Waals surface area (Å²) in [6, 6.07) is 1.70. The monoisotopic (exact) mass is 266 g/mol. The zero-order valence-electron chi connectivity index (χ0n) is 11.9. The number of morpholine rings is 1. The molecular formula is C14H22N2O3. The van der Waals surface area contributed by atoms with E-state index < -0.39 is 0 Å². The number of hydrogen-bond donors (Lipinski definition) is 1. The van der Waals surface area contributed by atoms with Gasteiger partial charge in [-0.15, -0.1) is 0 Å². The third-order valence-corrected chi connectivity index (χ3v) is 3.32. The maximum atomic E-state index is 11.9. The second kappa shape index (κ2) is 5.75. The van der Waals surface area contributed by atoms with Crippen molar-refractivity contribution in [1.82, 2.24) is 10.2 Å². The van der Waals surface area contributed by atoms with Crippen molar-refractivity contribution in [3.8, 4) is 0 Å². The van der Waals surface area contributed by atoms with Gasteiger partial charge < -0.3 is 14.5 Å². The Balaban J connectivity index is 1.75. The number of furan rings is 1. The smallest absolute Gasteiger partial charge is 0.254 e. The van der Waals surface area contributed by atoms with Gasteiger partial charge in [0, 0.05) is 26.2 Å². The Morgan fingerprint density at radius 1 is 1.53 bits per heavy atom. The molecule has 0 unspecified atom stereocenters. The molecule has 106 valence electrons. The van der Waals surface area contributed by atoms with Crippen LogP contribution in [0.15, 0.2) is 16.7 Å². The van der Waals surface area contributed by atoms with Crippen molar-refractivity contribution in [2.24, 2.45) is 0 Å². The summed E-state index contributed by atoms with van der Waals surface area (Å²) in [5.41, 5.74) is 0.519. The summed E-state index contributed by atoms with van der Waals surface area (Å²) in [5.74, 6) is 0.587. The number of aryl methyl sites for hydroxylation is 1. The molecule has 2 heterocycles. The van der Waals surface area contributed by atoms with Gasteiger partial charge in [0.05, 0.1) is 24.0 Å². The largest absolute Gasteiger partial charge is 0.469 e. The van der Waals surface area contributed by atoms with Crippen LogP contribution in [0.3, 0.4) is 0 Å². The molecule has 0 atom stereocenters. The minimum atomic E-state index is -0.0938. The third kappa shape index (κ3) is 3.81. The zero-order chi connectivity index (χ0) is 13.9. The molecule has 1 aliphatic rings. The SMILES string of the molecule is Cc1occc1C(=O)NCCN1CCOC(C)(C)C1. The van der Waals surface area contributed by atoms with Crippen LogP contribution in [0.2, 0.25) is 0 Å². The van der Waals surface area contributed by atoms with Gasteiger partial charge >= 0.3 is 0 Å². The molecule has 0 bridgehead atoms. The van der Waals surface area contributed by atoms with Gasteiger partial charge in [-0.2, -0.15) is 0 Å². The Labute approximate surface area is 113 Å². The van der Waals surface area contributed by atoms with Gasteiger partial charge in [-0.1, -0.05) is 0 Å². The molecule has 5 nitrogen and oxygen atoms in total. The Bertz CT molecular complexity index is 440. The fraction of sp³-hybridized carbons (Fsp3) is 0.643. The Kier molecular flexibility index (Phi) is 4.27. The van der Waals surface area contributed by atoms with Crippen molar-refractivity contribution in [3.63, 3.8) is 0 Å². The van der Waals surface area contributed by atoms with Crippen molar-refractivity contribution in [2.75, 3.05) is 32.8 Å². The highest BCUT2D eigenvalue weighted by Gasteiger charge is 2.26. The van der Waals surface area contributed by atoms with E-state index >= 15 is 0 Å². The molecule has 0 saturated carbocycles. The summed E-state index contributed by atoms with van der Waals surface area (Å²) in [4.78, 5) is 14.2. The zero-order valence-corrected chi connectivity index (χ0v) is 11.9. The quantitative estimate of drug-likeness (QED) is 0.895. The van der Waals surface area contributed by atoms with Gasteiger partial charge in [0.1, 0.15) is 5.76 Å². The first-order valence-corrected chi connectivity index (χ1v) is 6.66. The van der Waals surface area contributed by atoms with Crippen LogP contribution in [0.4, 0.5) is 0 Å². The molecule has 0 radical (unpaired) electrons. The number of nitrogens with one attached hydrogen (secondary N) is 1. The van der Waals surface area contributed by atoms with E-state index in [1.54, 1.807) is 13.0 Å². The van der Waals surface area contributed by atoms with Crippen molar-refractivity contribution >= 4 is 5.91 Å². The summed E-state index contributed by atoms with van der Waals surface area (Å²) in [6.07, 6.45) is 1.54. The molecule has 1 amide bonds. The van der Waals surface area contributed by atoms with Crippen LogP contribution in [0.1, 0.15) is 30.0 Å². The first-order chi connectivity index (χ1) is 8.98. The van der Waals surface area contributed by atoms with E-state index in [9.17, 15) is 4.79 Å². The minimum absolute atomic E-state index is 0.0706. The summed E-state index contributed by atoms with van der Waals surface area (Å²) >= 11 is 0. The molecule has 1 aromatic rings. The average Bonchev–Trinajstić information content (AvgIpc) is 2.74. The second-order valence-electron chi connectivity index (χ2n) is 5.53. The third-order valence-electron chi connectivity index (χ3n) is 3.32. The number of ether oxygens (including phenoxy) is 1. The molecule has 0 spiro atoms. The summed E-state index contributed by atoms with van der Waals surface area (Å²) in [6.45, 7) is 10.0.